The number of amides is 1. The Labute approximate surface area is 211 Å². The second kappa shape index (κ2) is 13.3. The van der Waals surface area contributed by atoms with Gasteiger partial charge < -0.3 is 9.47 Å². The molecule has 1 amide bonds. The summed E-state index contributed by atoms with van der Waals surface area (Å²) in [6, 6.07) is 15.7. The van der Waals surface area contributed by atoms with Crippen LogP contribution in [0.3, 0.4) is 0 Å². The molecule has 0 fully saturated rings. The van der Waals surface area contributed by atoms with Gasteiger partial charge in [0.05, 0.1) is 13.7 Å². The summed E-state index contributed by atoms with van der Waals surface area (Å²) in [7, 11) is 1.57. The molecule has 3 rings (SSSR count). The van der Waals surface area contributed by atoms with Crippen molar-refractivity contribution in [1.82, 2.24) is 4.98 Å². The topological polar surface area (TPSA) is 84.2 Å². The summed E-state index contributed by atoms with van der Waals surface area (Å²) in [5.41, 5.74) is 3.04. The number of aryl methyl sites for hydroxylation is 1. The normalized spacial score (nSPS) is 11.1. The zero-order chi connectivity index (χ0) is 25.0. The van der Waals surface area contributed by atoms with Crippen LogP contribution in [-0.4, -0.2) is 24.6 Å². The van der Waals surface area contributed by atoms with E-state index in [1.54, 1.807) is 31.5 Å². The summed E-state index contributed by atoms with van der Waals surface area (Å²) in [6.45, 7) is 4.85. The van der Waals surface area contributed by atoms with E-state index in [2.05, 4.69) is 48.4 Å². The quantitative estimate of drug-likeness (QED) is 0.177. The predicted octanol–water partition coefficient (Wildman–Crippen LogP) is 6.56. The van der Waals surface area contributed by atoms with Crippen LogP contribution in [0.15, 0.2) is 54.2 Å². The molecular formula is C28H31N3O3S. The van der Waals surface area contributed by atoms with Gasteiger partial charge in [0.25, 0.3) is 5.91 Å². The highest BCUT2D eigenvalue weighted by Crippen LogP contribution is 2.29. The minimum absolute atomic E-state index is 0.0180. The van der Waals surface area contributed by atoms with E-state index in [0.29, 0.717) is 28.8 Å². The number of rotatable bonds is 12. The molecule has 35 heavy (non-hydrogen) atoms. The van der Waals surface area contributed by atoms with Crippen molar-refractivity contribution in [1.29, 1.82) is 5.26 Å². The summed E-state index contributed by atoms with van der Waals surface area (Å²) in [5.74, 6) is 0.708. The van der Waals surface area contributed by atoms with Gasteiger partial charge in [-0.3, -0.25) is 10.1 Å². The van der Waals surface area contributed by atoms with Gasteiger partial charge in [-0.25, -0.2) is 4.98 Å². The van der Waals surface area contributed by atoms with Crippen molar-refractivity contribution >= 4 is 28.5 Å². The highest BCUT2D eigenvalue weighted by molar-refractivity contribution is 7.15. The molecule has 0 aliphatic rings. The van der Waals surface area contributed by atoms with Crippen LogP contribution < -0.4 is 14.8 Å². The Morgan fingerprint density at radius 2 is 1.94 bits per heavy atom. The Morgan fingerprint density at radius 3 is 2.66 bits per heavy atom. The summed E-state index contributed by atoms with van der Waals surface area (Å²) >= 11 is 1.40. The molecule has 182 valence electrons. The van der Waals surface area contributed by atoms with Crippen LogP contribution in [0.25, 0.3) is 6.08 Å². The van der Waals surface area contributed by atoms with Gasteiger partial charge >= 0.3 is 0 Å². The van der Waals surface area contributed by atoms with Gasteiger partial charge in [-0.1, -0.05) is 62.1 Å². The third-order valence-electron chi connectivity index (χ3n) is 5.39. The highest BCUT2D eigenvalue weighted by Gasteiger charge is 2.13. The Morgan fingerprint density at radius 1 is 1.14 bits per heavy atom. The minimum atomic E-state index is -0.501. The molecule has 1 heterocycles. The third kappa shape index (κ3) is 7.97. The van der Waals surface area contributed by atoms with Gasteiger partial charge in [-0.05, 0) is 42.7 Å². The Bertz CT molecular complexity index is 1190. The molecule has 0 radical (unpaired) electrons. The van der Waals surface area contributed by atoms with Gasteiger partial charge in [-0.2, -0.15) is 5.26 Å². The van der Waals surface area contributed by atoms with Crippen LogP contribution in [0, 0.1) is 18.3 Å². The van der Waals surface area contributed by atoms with E-state index < -0.39 is 5.91 Å². The van der Waals surface area contributed by atoms with Crippen LogP contribution in [0.5, 0.6) is 11.5 Å². The molecule has 0 saturated carbocycles. The molecule has 1 N–H and O–H groups in total. The fourth-order valence-electron chi connectivity index (χ4n) is 3.44. The monoisotopic (exact) mass is 489 g/mol. The minimum Gasteiger partial charge on any atom is -0.493 e. The lowest BCUT2D eigenvalue weighted by molar-refractivity contribution is -0.112. The number of carbonyl (C=O) groups excluding carboxylic acids is 1. The summed E-state index contributed by atoms with van der Waals surface area (Å²) in [5, 5.41) is 12.8. The number of thiazole rings is 1. The Kier molecular flexibility index (Phi) is 9.88. The maximum Gasteiger partial charge on any atom is 0.268 e. The third-order valence-corrected chi connectivity index (χ3v) is 6.30. The van der Waals surface area contributed by atoms with Gasteiger partial charge in [0.2, 0.25) is 0 Å². The molecule has 7 heteroatoms. The molecule has 0 spiro atoms. The van der Waals surface area contributed by atoms with Gasteiger partial charge in [0.1, 0.15) is 11.6 Å². The van der Waals surface area contributed by atoms with E-state index in [9.17, 15) is 10.1 Å². The summed E-state index contributed by atoms with van der Waals surface area (Å²) in [4.78, 5) is 18.0. The number of hydrogen-bond donors (Lipinski definition) is 1. The van der Waals surface area contributed by atoms with Crippen molar-refractivity contribution in [3.8, 4) is 17.6 Å². The molecule has 0 bridgehead atoms. The first-order chi connectivity index (χ1) is 17.0. The number of hydrogen-bond acceptors (Lipinski definition) is 6. The average Bonchev–Trinajstić information content (AvgIpc) is 3.30. The van der Waals surface area contributed by atoms with Gasteiger partial charge in [0, 0.05) is 17.5 Å². The lowest BCUT2D eigenvalue weighted by atomic mass is 10.1. The van der Waals surface area contributed by atoms with Crippen molar-refractivity contribution in [3.05, 3.63) is 75.8 Å². The van der Waals surface area contributed by atoms with Crippen molar-refractivity contribution in [3.63, 3.8) is 0 Å². The van der Waals surface area contributed by atoms with Crippen LogP contribution in [-0.2, 0) is 11.2 Å². The molecule has 3 aromatic rings. The number of nitrogens with one attached hydrogen (secondary N) is 1. The van der Waals surface area contributed by atoms with Crippen LogP contribution in [0.2, 0.25) is 0 Å². The number of ether oxygens (including phenoxy) is 2. The Balaban J connectivity index is 1.63. The van der Waals surface area contributed by atoms with E-state index in [0.717, 1.165) is 24.1 Å². The maximum absolute atomic E-state index is 12.7. The molecule has 0 saturated heterocycles. The molecule has 2 aromatic carbocycles. The molecule has 0 unspecified atom stereocenters. The van der Waals surface area contributed by atoms with E-state index in [4.69, 9.17) is 9.47 Å². The fourth-order valence-corrected chi connectivity index (χ4v) is 4.28. The number of unbranched alkanes of at least 4 members (excludes halogenated alkanes) is 3. The van der Waals surface area contributed by atoms with E-state index >= 15 is 0 Å². The second-order valence-corrected chi connectivity index (χ2v) is 9.35. The Hall–Kier alpha value is -3.63. The van der Waals surface area contributed by atoms with Gasteiger partial charge in [0.15, 0.2) is 16.6 Å². The van der Waals surface area contributed by atoms with Crippen molar-refractivity contribution in [2.24, 2.45) is 0 Å². The van der Waals surface area contributed by atoms with Crippen LogP contribution in [0.1, 0.15) is 54.2 Å². The molecule has 6 nitrogen and oxygen atoms in total. The van der Waals surface area contributed by atoms with Gasteiger partial charge in [-0.15, -0.1) is 11.3 Å². The summed E-state index contributed by atoms with van der Waals surface area (Å²) in [6.07, 6.45) is 8.51. The van der Waals surface area contributed by atoms with Crippen LogP contribution >= 0.6 is 11.3 Å². The predicted molar refractivity (Wildman–Crippen MR) is 141 cm³/mol. The van der Waals surface area contributed by atoms with E-state index in [-0.39, 0.29) is 5.57 Å². The zero-order valence-corrected chi connectivity index (χ0v) is 21.3. The zero-order valence-electron chi connectivity index (χ0n) is 20.5. The van der Waals surface area contributed by atoms with E-state index in [1.807, 2.05) is 6.07 Å². The number of benzene rings is 2. The first-order valence-corrected chi connectivity index (χ1v) is 12.6. The number of methoxy groups -OCH3 is 1. The largest absolute Gasteiger partial charge is 0.493 e. The molecule has 0 aliphatic heterocycles. The maximum atomic E-state index is 12.7. The lowest BCUT2D eigenvalue weighted by Gasteiger charge is -2.11. The number of nitriles is 1. The van der Waals surface area contributed by atoms with Crippen molar-refractivity contribution < 1.29 is 14.3 Å². The molecule has 1 aromatic heterocycles. The highest BCUT2D eigenvalue weighted by atomic mass is 32.1. The molecule has 0 aliphatic carbocycles. The summed E-state index contributed by atoms with van der Waals surface area (Å²) < 4.78 is 11.3. The SMILES string of the molecule is CCCCCCOc1ccc(C=C(C#N)C(=O)Nc2ncc(Cc3ccc(C)cc3)s2)cc1OC. The van der Waals surface area contributed by atoms with Crippen molar-refractivity contribution in [2.45, 2.75) is 46.0 Å². The number of aromatic nitrogens is 1. The number of carbonyl (C=O) groups is 1. The lowest BCUT2D eigenvalue weighted by Crippen LogP contribution is -2.13. The average molecular weight is 490 g/mol. The number of nitrogens with zero attached hydrogens (tertiary/aromatic N) is 2. The van der Waals surface area contributed by atoms with Crippen LogP contribution in [0.4, 0.5) is 5.13 Å². The standard InChI is InChI=1S/C28H31N3O3S/c1-4-5-6-7-14-34-25-13-12-22(17-26(25)33-3)15-23(18-29)27(32)31-28-30-19-24(35-28)16-21-10-8-20(2)9-11-21/h8-13,15,17,19H,4-7,14,16H2,1-3H3,(H,30,31,32). The smallest absolute Gasteiger partial charge is 0.268 e. The fraction of sp³-hybridized carbons (Fsp3) is 0.321. The van der Waals surface area contributed by atoms with Crippen molar-refractivity contribution in [2.75, 3.05) is 19.0 Å². The molecular weight excluding hydrogens is 458 g/mol. The van der Waals surface area contributed by atoms with E-state index in [1.165, 1.54) is 41.4 Å². The first kappa shape index (κ1) is 26.0. The second-order valence-electron chi connectivity index (χ2n) is 8.24. The number of anilines is 1. The molecule has 0 atom stereocenters. The first-order valence-electron chi connectivity index (χ1n) is 11.8.